The summed E-state index contributed by atoms with van der Waals surface area (Å²) in [7, 11) is 1.84. The molecule has 2 aromatic heterocycles. The molecule has 1 N–H and O–H groups in total. The Labute approximate surface area is 109 Å². The second kappa shape index (κ2) is 5.18. The molecule has 0 aliphatic rings. The third-order valence-electron chi connectivity index (χ3n) is 2.21. The molecule has 6 nitrogen and oxygen atoms in total. The van der Waals surface area contributed by atoms with E-state index in [-0.39, 0.29) is 5.97 Å². The van der Waals surface area contributed by atoms with E-state index in [2.05, 4.69) is 15.4 Å². The van der Waals surface area contributed by atoms with Crippen LogP contribution in [0, 0.1) is 6.92 Å². The maximum absolute atomic E-state index is 11.6. The van der Waals surface area contributed by atoms with Gasteiger partial charge in [-0.2, -0.15) is 5.10 Å². The second-order valence-corrected chi connectivity index (χ2v) is 4.85. The minimum absolute atomic E-state index is 0.346. The zero-order valence-corrected chi connectivity index (χ0v) is 11.2. The molecular weight excluding hydrogens is 252 g/mol. The van der Waals surface area contributed by atoms with Crippen LogP contribution in [-0.4, -0.2) is 27.3 Å². The van der Waals surface area contributed by atoms with E-state index < -0.39 is 0 Å². The standard InChI is InChI=1S/C11H14N4O2S/c1-4-17-10(16)9-7(2)18-11(13-9)12-8-5-6-15(3)14-8/h5-6H,4H2,1-3H3,(H,12,13,14). The number of rotatable bonds is 4. The maximum Gasteiger partial charge on any atom is 0.358 e. The molecule has 0 aliphatic carbocycles. The lowest BCUT2D eigenvalue weighted by atomic mass is 10.4. The van der Waals surface area contributed by atoms with E-state index in [4.69, 9.17) is 4.74 Å². The summed E-state index contributed by atoms with van der Waals surface area (Å²) in [6, 6.07) is 1.83. The minimum atomic E-state index is -0.389. The van der Waals surface area contributed by atoms with Crippen molar-refractivity contribution in [3.63, 3.8) is 0 Å². The highest BCUT2D eigenvalue weighted by atomic mass is 32.1. The summed E-state index contributed by atoms with van der Waals surface area (Å²) in [5, 5.41) is 7.87. The van der Waals surface area contributed by atoms with Gasteiger partial charge in [-0.1, -0.05) is 0 Å². The molecule has 0 unspecified atom stereocenters. The van der Waals surface area contributed by atoms with Gasteiger partial charge in [0.1, 0.15) is 0 Å². The summed E-state index contributed by atoms with van der Waals surface area (Å²) >= 11 is 1.40. The Morgan fingerprint density at radius 1 is 1.61 bits per heavy atom. The molecule has 0 atom stereocenters. The number of esters is 1. The Morgan fingerprint density at radius 2 is 2.39 bits per heavy atom. The Bertz CT molecular complexity index is 561. The highest BCUT2D eigenvalue weighted by Crippen LogP contribution is 2.25. The van der Waals surface area contributed by atoms with E-state index in [9.17, 15) is 4.79 Å². The monoisotopic (exact) mass is 266 g/mol. The van der Waals surface area contributed by atoms with E-state index in [0.717, 1.165) is 4.88 Å². The highest BCUT2D eigenvalue weighted by Gasteiger charge is 2.16. The number of nitrogens with one attached hydrogen (secondary N) is 1. The van der Waals surface area contributed by atoms with Crippen molar-refractivity contribution >= 4 is 28.3 Å². The summed E-state index contributed by atoms with van der Waals surface area (Å²) in [5.41, 5.74) is 0.361. The Balaban J connectivity index is 2.16. The van der Waals surface area contributed by atoms with Crippen LogP contribution in [0.25, 0.3) is 0 Å². The Hall–Kier alpha value is -1.89. The fraction of sp³-hybridized carbons (Fsp3) is 0.364. The van der Waals surface area contributed by atoms with Crippen molar-refractivity contribution in [3.8, 4) is 0 Å². The molecule has 18 heavy (non-hydrogen) atoms. The molecule has 7 heteroatoms. The number of aromatic nitrogens is 3. The van der Waals surface area contributed by atoms with Crippen LogP contribution < -0.4 is 5.32 Å². The topological polar surface area (TPSA) is 69.0 Å². The molecule has 0 saturated heterocycles. The molecule has 2 aromatic rings. The van der Waals surface area contributed by atoms with Crippen LogP contribution in [0.15, 0.2) is 12.3 Å². The third-order valence-corrected chi connectivity index (χ3v) is 3.10. The van der Waals surface area contributed by atoms with Crippen molar-refractivity contribution in [2.75, 3.05) is 11.9 Å². The Kier molecular flexibility index (Phi) is 3.61. The lowest BCUT2D eigenvalue weighted by Crippen LogP contribution is -2.06. The van der Waals surface area contributed by atoms with Crippen LogP contribution in [0.1, 0.15) is 22.3 Å². The van der Waals surface area contributed by atoms with Gasteiger partial charge in [0.2, 0.25) is 0 Å². The molecule has 0 radical (unpaired) electrons. The number of anilines is 2. The number of thiazole rings is 1. The first-order chi connectivity index (χ1) is 8.60. The van der Waals surface area contributed by atoms with Crippen LogP contribution in [0.4, 0.5) is 10.9 Å². The van der Waals surface area contributed by atoms with Crippen molar-refractivity contribution in [1.82, 2.24) is 14.8 Å². The number of aryl methyl sites for hydroxylation is 2. The molecule has 0 amide bonds. The van der Waals surface area contributed by atoms with Gasteiger partial charge in [-0.3, -0.25) is 4.68 Å². The van der Waals surface area contributed by atoms with Crippen molar-refractivity contribution < 1.29 is 9.53 Å². The summed E-state index contributed by atoms with van der Waals surface area (Å²) in [6.07, 6.45) is 1.83. The lowest BCUT2D eigenvalue weighted by molar-refractivity contribution is 0.0519. The van der Waals surface area contributed by atoms with Gasteiger partial charge in [-0.05, 0) is 13.8 Å². The van der Waals surface area contributed by atoms with Crippen molar-refractivity contribution in [2.24, 2.45) is 7.05 Å². The maximum atomic E-state index is 11.6. The number of nitrogens with zero attached hydrogens (tertiary/aromatic N) is 3. The number of carbonyl (C=O) groups excluding carboxylic acids is 1. The first-order valence-electron chi connectivity index (χ1n) is 5.51. The molecule has 0 fully saturated rings. The normalized spacial score (nSPS) is 10.4. The number of hydrogen-bond donors (Lipinski definition) is 1. The fourth-order valence-corrected chi connectivity index (χ4v) is 2.24. The predicted octanol–water partition coefficient (Wildman–Crippen LogP) is 2.11. The van der Waals surface area contributed by atoms with Crippen molar-refractivity contribution in [1.29, 1.82) is 0 Å². The van der Waals surface area contributed by atoms with Gasteiger partial charge in [0.15, 0.2) is 16.6 Å². The van der Waals surface area contributed by atoms with Crippen molar-refractivity contribution in [3.05, 3.63) is 22.8 Å². The van der Waals surface area contributed by atoms with Gasteiger partial charge in [-0.15, -0.1) is 11.3 Å². The van der Waals surface area contributed by atoms with Gasteiger partial charge in [-0.25, -0.2) is 9.78 Å². The van der Waals surface area contributed by atoms with Gasteiger partial charge >= 0.3 is 5.97 Å². The molecule has 0 aromatic carbocycles. The number of hydrogen-bond acceptors (Lipinski definition) is 6. The van der Waals surface area contributed by atoms with Crippen molar-refractivity contribution in [2.45, 2.75) is 13.8 Å². The molecule has 0 aliphatic heterocycles. The molecule has 2 rings (SSSR count). The van der Waals surface area contributed by atoms with Crippen LogP contribution in [-0.2, 0) is 11.8 Å². The van der Waals surface area contributed by atoms with Gasteiger partial charge < -0.3 is 10.1 Å². The van der Waals surface area contributed by atoms with E-state index in [1.54, 1.807) is 11.6 Å². The number of carbonyl (C=O) groups is 1. The molecule has 0 saturated carbocycles. The van der Waals surface area contributed by atoms with E-state index in [1.807, 2.05) is 26.2 Å². The minimum Gasteiger partial charge on any atom is -0.461 e. The van der Waals surface area contributed by atoms with Crippen LogP contribution in [0.2, 0.25) is 0 Å². The summed E-state index contributed by atoms with van der Waals surface area (Å²) < 4.78 is 6.62. The molecule has 0 spiro atoms. The SMILES string of the molecule is CCOC(=O)c1nc(Nc2ccn(C)n2)sc1C. The fourth-order valence-electron chi connectivity index (χ4n) is 1.43. The smallest absolute Gasteiger partial charge is 0.358 e. The lowest BCUT2D eigenvalue weighted by Gasteiger charge is -1.98. The summed E-state index contributed by atoms with van der Waals surface area (Å²) in [5.74, 6) is 0.307. The van der Waals surface area contributed by atoms with Crippen LogP contribution in [0.5, 0.6) is 0 Å². The van der Waals surface area contributed by atoms with Gasteiger partial charge in [0.25, 0.3) is 0 Å². The number of ether oxygens (including phenoxy) is 1. The first kappa shape index (κ1) is 12.6. The largest absolute Gasteiger partial charge is 0.461 e. The second-order valence-electron chi connectivity index (χ2n) is 3.64. The van der Waals surface area contributed by atoms with Crippen LogP contribution >= 0.6 is 11.3 Å². The van der Waals surface area contributed by atoms with E-state index in [1.165, 1.54) is 11.3 Å². The van der Waals surface area contributed by atoms with Gasteiger partial charge in [0, 0.05) is 24.2 Å². The molecule has 0 bridgehead atoms. The summed E-state index contributed by atoms with van der Waals surface area (Å²) in [6.45, 7) is 3.96. The third kappa shape index (κ3) is 2.67. The molecular formula is C11H14N4O2S. The zero-order valence-electron chi connectivity index (χ0n) is 10.4. The Morgan fingerprint density at radius 3 is 3.00 bits per heavy atom. The average molecular weight is 266 g/mol. The van der Waals surface area contributed by atoms with Gasteiger partial charge in [0.05, 0.1) is 6.61 Å². The highest BCUT2D eigenvalue weighted by molar-refractivity contribution is 7.15. The van der Waals surface area contributed by atoms with E-state index >= 15 is 0 Å². The van der Waals surface area contributed by atoms with E-state index in [0.29, 0.717) is 23.3 Å². The predicted molar refractivity (Wildman–Crippen MR) is 69.3 cm³/mol. The molecule has 96 valence electrons. The first-order valence-corrected chi connectivity index (χ1v) is 6.33. The van der Waals surface area contributed by atoms with Crippen LogP contribution in [0.3, 0.4) is 0 Å². The quantitative estimate of drug-likeness (QED) is 0.858. The molecule has 2 heterocycles. The average Bonchev–Trinajstić information content (AvgIpc) is 2.86. The summed E-state index contributed by atoms with van der Waals surface area (Å²) in [4.78, 5) is 16.7. The zero-order chi connectivity index (χ0) is 13.1.